The van der Waals surface area contributed by atoms with Gasteiger partial charge in [-0.15, -0.1) is 0 Å². The van der Waals surface area contributed by atoms with Crippen molar-refractivity contribution < 1.29 is 14.3 Å². The number of ether oxygens (including phenoxy) is 1. The second-order valence-corrected chi connectivity index (χ2v) is 6.01. The highest BCUT2D eigenvalue weighted by molar-refractivity contribution is 8.19. The van der Waals surface area contributed by atoms with Gasteiger partial charge in [0, 0.05) is 0 Å². The number of amides is 2. The molecule has 120 valence electrons. The lowest BCUT2D eigenvalue weighted by atomic mass is 10.2. The standard InChI is InChI=1S/C19H15NO3S/c1-2-12-23-16-10-8-14(9-11-16)13-17-18(21)20(19(22)24-17)15-6-4-3-5-7-15/h2-11,13H,1,12H2/b17-13-. The van der Waals surface area contributed by atoms with Crippen LogP contribution >= 0.6 is 11.8 Å². The smallest absolute Gasteiger partial charge is 0.298 e. The van der Waals surface area contributed by atoms with Crippen LogP contribution in [-0.2, 0) is 4.79 Å². The highest BCUT2D eigenvalue weighted by Gasteiger charge is 2.36. The summed E-state index contributed by atoms with van der Waals surface area (Å²) in [5.41, 5.74) is 1.41. The predicted octanol–water partition coefficient (Wildman–Crippen LogP) is 4.49. The van der Waals surface area contributed by atoms with E-state index in [4.69, 9.17) is 4.74 Å². The molecule has 1 saturated heterocycles. The Labute approximate surface area is 144 Å². The van der Waals surface area contributed by atoms with E-state index in [1.165, 1.54) is 4.90 Å². The van der Waals surface area contributed by atoms with Gasteiger partial charge in [0.05, 0.1) is 10.6 Å². The van der Waals surface area contributed by atoms with Gasteiger partial charge in [-0.3, -0.25) is 9.59 Å². The van der Waals surface area contributed by atoms with Crippen LogP contribution in [0, 0.1) is 0 Å². The van der Waals surface area contributed by atoms with Crippen LogP contribution in [0.3, 0.4) is 0 Å². The Hall–Kier alpha value is -2.79. The third-order valence-electron chi connectivity index (χ3n) is 3.35. The van der Waals surface area contributed by atoms with E-state index in [0.717, 1.165) is 23.1 Å². The Morgan fingerprint density at radius 3 is 2.42 bits per heavy atom. The van der Waals surface area contributed by atoms with Crippen molar-refractivity contribution in [1.29, 1.82) is 0 Å². The first-order valence-electron chi connectivity index (χ1n) is 7.36. The number of hydrogen-bond acceptors (Lipinski definition) is 4. The Bertz CT molecular complexity index is 797. The van der Waals surface area contributed by atoms with Crippen molar-refractivity contribution in [1.82, 2.24) is 0 Å². The molecule has 0 aromatic heterocycles. The number of nitrogens with zero attached hydrogens (tertiary/aromatic N) is 1. The molecular formula is C19H15NO3S. The lowest BCUT2D eigenvalue weighted by Gasteiger charge is -2.11. The first kappa shape index (κ1) is 16.1. The van der Waals surface area contributed by atoms with Gasteiger partial charge in [-0.2, -0.15) is 0 Å². The van der Waals surface area contributed by atoms with E-state index < -0.39 is 0 Å². The zero-order chi connectivity index (χ0) is 16.9. The Morgan fingerprint density at radius 1 is 1.04 bits per heavy atom. The molecule has 1 heterocycles. The Morgan fingerprint density at radius 2 is 1.75 bits per heavy atom. The van der Waals surface area contributed by atoms with Gasteiger partial charge < -0.3 is 4.74 Å². The second kappa shape index (κ2) is 7.19. The highest BCUT2D eigenvalue weighted by Crippen LogP contribution is 2.35. The van der Waals surface area contributed by atoms with Crippen LogP contribution in [0.25, 0.3) is 6.08 Å². The summed E-state index contributed by atoms with van der Waals surface area (Å²) in [6, 6.07) is 16.2. The predicted molar refractivity (Wildman–Crippen MR) is 97.0 cm³/mol. The Balaban J connectivity index is 1.80. The minimum Gasteiger partial charge on any atom is -0.490 e. The number of imide groups is 1. The van der Waals surface area contributed by atoms with Crippen molar-refractivity contribution in [2.24, 2.45) is 0 Å². The summed E-state index contributed by atoms with van der Waals surface area (Å²) in [4.78, 5) is 26.3. The largest absolute Gasteiger partial charge is 0.490 e. The van der Waals surface area contributed by atoms with Crippen molar-refractivity contribution >= 4 is 34.7 Å². The van der Waals surface area contributed by atoms with Gasteiger partial charge in [0.15, 0.2) is 0 Å². The SMILES string of the molecule is C=CCOc1ccc(/C=C2\SC(=O)N(c3ccccc3)C2=O)cc1. The summed E-state index contributed by atoms with van der Waals surface area (Å²) >= 11 is 0.944. The summed E-state index contributed by atoms with van der Waals surface area (Å²) in [7, 11) is 0. The summed E-state index contributed by atoms with van der Waals surface area (Å²) in [6.07, 6.45) is 3.39. The molecule has 0 radical (unpaired) electrons. The van der Waals surface area contributed by atoms with E-state index in [0.29, 0.717) is 17.2 Å². The van der Waals surface area contributed by atoms with Crippen LogP contribution < -0.4 is 9.64 Å². The zero-order valence-corrected chi connectivity index (χ0v) is 13.7. The third kappa shape index (κ3) is 3.41. The van der Waals surface area contributed by atoms with E-state index in [2.05, 4.69) is 6.58 Å². The lowest BCUT2D eigenvalue weighted by molar-refractivity contribution is -0.113. The molecule has 2 aromatic carbocycles. The number of para-hydroxylation sites is 1. The molecule has 3 rings (SSSR count). The quantitative estimate of drug-likeness (QED) is 0.596. The minimum absolute atomic E-state index is 0.289. The third-order valence-corrected chi connectivity index (χ3v) is 4.22. The summed E-state index contributed by atoms with van der Waals surface area (Å²) in [5, 5.41) is -0.289. The van der Waals surface area contributed by atoms with Crippen LogP contribution in [0.15, 0.2) is 72.2 Å². The molecule has 0 unspecified atom stereocenters. The van der Waals surface area contributed by atoms with Crippen molar-refractivity contribution in [3.8, 4) is 5.75 Å². The molecule has 0 bridgehead atoms. The van der Waals surface area contributed by atoms with Crippen molar-refractivity contribution in [2.45, 2.75) is 0 Å². The van der Waals surface area contributed by atoms with Gasteiger partial charge in [0.2, 0.25) is 0 Å². The van der Waals surface area contributed by atoms with E-state index in [1.54, 1.807) is 36.4 Å². The molecule has 5 heteroatoms. The van der Waals surface area contributed by atoms with Gasteiger partial charge in [-0.25, -0.2) is 4.90 Å². The fraction of sp³-hybridized carbons (Fsp3) is 0.0526. The zero-order valence-electron chi connectivity index (χ0n) is 12.8. The van der Waals surface area contributed by atoms with Gasteiger partial charge in [0.25, 0.3) is 11.1 Å². The number of anilines is 1. The number of hydrogen-bond donors (Lipinski definition) is 0. The average molecular weight is 337 g/mol. The van der Waals surface area contributed by atoms with Gasteiger partial charge in [-0.05, 0) is 47.7 Å². The maximum Gasteiger partial charge on any atom is 0.298 e. The fourth-order valence-corrected chi connectivity index (χ4v) is 3.08. The van der Waals surface area contributed by atoms with Crippen LogP contribution in [-0.4, -0.2) is 17.8 Å². The topological polar surface area (TPSA) is 46.6 Å². The monoisotopic (exact) mass is 337 g/mol. The normalized spacial score (nSPS) is 15.8. The lowest BCUT2D eigenvalue weighted by Crippen LogP contribution is -2.27. The molecule has 0 atom stereocenters. The summed E-state index contributed by atoms with van der Waals surface area (Å²) in [5.74, 6) is 0.424. The van der Waals surface area contributed by atoms with Crippen LogP contribution in [0.4, 0.5) is 10.5 Å². The Kier molecular flexibility index (Phi) is 4.82. The van der Waals surface area contributed by atoms with Crippen molar-refractivity contribution in [3.05, 3.63) is 77.7 Å². The van der Waals surface area contributed by atoms with Gasteiger partial charge in [-0.1, -0.05) is 43.0 Å². The van der Waals surface area contributed by atoms with Crippen molar-refractivity contribution in [2.75, 3.05) is 11.5 Å². The van der Waals surface area contributed by atoms with E-state index in [9.17, 15) is 9.59 Å². The van der Waals surface area contributed by atoms with E-state index in [-0.39, 0.29) is 11.1 Å². The molecule has 24 heavy (non-hydrogen) atoms. The molecule has 2 aromatic rings. The van der Waals surface area contributed by atoms with Crippen LogP contribution in [0.1, 0.15) is 5.56 Å². The molecule has 1 fully saturated rings. The van der Waals surface area contributed by atoms with E-state index >= 15 is 0 Å². The van der Waals surface area contributed by atoms with Crippen LogP contribution in [0.2, 0.25) is 0 Å². The molecule has 0 spiro atoms. The van der Waals surface area contributed by atoms with Gasteiger partial charge in [0.1, 0.15) is 12.4 Å². The first-order valence-corrected chi connectivity index (χ1v) is 8.17. The number of thioether (sulfide) groups is 1. The fourth-order valence-electron chi connectivity index (χ4n) is 2.23. The molecule has 1 aliphatic heterocycles. The molecule has 1 aliphatic rings. The summed E-state index contributed by atoms with van der Waals surface area (Å²) < 4.78 is 5.42. The molecule has 2 amide bonds. The molecule has 0 saturated carbocycles. The molecule has 0 aliphatic carbocycles. The maximum absolute atomic E-state index is 12.5. The highest BCUT2D eigenvalue weighted by atomic mass is 32.2. The minimum atomic E-state index is -0.303. The maximum atomic E-state index is 12.5. The molecule has 0 N–H and O–H groups in total. The van der Waals surface area contributed by atoms with Gasteiger partial charge >= 0.3 is 0 Å². The number of carbonyl (C=O) groups excluding carboxylic acids is 2. The second-order valence-electron chi connectivity index (χ2n) is 5.02. The van der Waals surface area contributed by atoms with E-state index in [1.807, 2.05) is 30.3 Å². The number of carbonyl (C=O) groups is 2. The first-order chi connectivity index (χ1) is 11.7. The van der Waals surface area contributed by atoms with Crippen molar-refractivity contribution in [3.63, 3.8) is 0 Å². The molecular weight excluding hydrogens is 322 g/mol. The van der Waals surface area contributed by atoms with Crippen LogP contribution in [0.5, 0.6) is 5.75 Å². The summed E-state index contributed by atoms with van der Waals surface area (Å²) in [6.45, 7) is 4.04. The average Bonchev–Trinajstić information content (AvgIpc) is 2.88. The molecule has 4 nitrogen and oxygen atoms in total. The number of rotatable bonds is 5. The number of benzene rings is 2.